The summed E-state index contributed by atoms with van der Waals surface area (Å²) in [5, 5.41) is 2.77. The molecule has 0 aliphatic carbocycles. The van der Waals surface area contributed by atoms with Gasteiger partial charge in [0, 0.05) is 12.3 Å². The number of anilines is 1. The van der Waals surface area contributed by atoms with Gasteiger partial charge in [0.1, 0.15) is 5.75 Å². The Morgan fingerprint density at radius 2 is 1.69 bits per heavy atom. The number of hydrogen-bond donors (Lipinski definition) is 2. The number of alkyl halides is 3. The van der Waals surface area contributed by atoms with Crippen LogP contribution in [0.2, 0.25) is 0 Å². The van der Waals surface area contributed by atoms with Crippen LogP contribution in [0.15, 0.2) is 29.3 Å². The number of nitrogens with zero attached hydrogens (tertiary/aromatic N) is 1. The molecule has 0 saturated heterocycles. The Morgan fingerprint density at radius 1 is 1.08 bits per heavy atom. The third-order valence-corrected chi connectivity index (χ3v) is 2.89. The van der Waals surface area contributed by atoms with Crippen LogP contribution in [0.3, 0.4) is 0 Å². The fraction of sp³-hybridized carbons (Fsp3) is 0.562. The molecule has 3 N–H and O–H groups in total. The van der Waals surface area contributed by atoms with Gasteiger partial charge in [-0.1, -0.05) is 13.3 Å². The van der Waals surface area contributed by atoms with Gasteiger partial charge >= 0.3 is 6.36 Å². The van der Waals surface area contributed by atoms with Crippen LogP contribution in [0.1, 0.15) is 19.8 Å². The minimum absolute atomic E-state index is 0. The van der Waals surface area contributed by atoms with Crippen molar-refractivity contribution in [2.24, 2.45) is 10.7 Å². The van der Waals surface area contributed by atoms with E-state index >= 15 is 0 Å². The first-order valence-corrected chi connectivity index (χ1v) is 7.99. The Hall–Kier alpha value is -1.27. The zero-order chi connectivity index (χ0) is 18.5. The molecule has 26 heavy (non-hydrogen) atoms. The highest BCUT2D eigenvalue weighted by Gasteiger charge is 2.30. The fourth-order valence-electron chi connectivity index (χ4n) is 1.73. The third kappa shape index (κ3) is 13.0. The molecule has 10 heteroatoms. The number of benzene rings is 1. The smallest absolute Gasteiger partial charge is 0.406 e. The van der Waals surface area contributed by atoms with Gasteiger partial charge in [0.2, 0.25) is 0 Å². The molecule has 0 fully saturated rings. The van der Waals surface area contributed by atoms with Crippen molar-refractivity contribution in [3.8, 4) is 5.75 Å². The maximum Gasteiger partial charge on any atom is 0.573 e. The molecule has 1 rings (SSSR count). The van der Waals surface area contributed by atoms with Crippen LogP contribution in [0.25, 0.3) is 0 Å². The van der Waals surface area contributed by atoms with Crippen molar-refractivity contribution in [2.45, 2.75) is 26.1 Å². The Kier molecular flexibility index (Phi) is 13.2. The fourth-order valence-corrected chi connectivity index (χ4v) is 1.73. The highest BCUT2D eigenvalue weighted by molar-refractivity contribution is 14.0. The third-order valence-electron chi connectivity index (χ3n) is 2.89. The second-order valence-corrected chi connectivity index (χ2v) is 5.04. The molecule has 0 unspecified atom stereocenters. The summed E-state index contributed by atoms with van der Waals surface area (Å²) < 4.78 is 50.6. The van der Waals surface area contributed by atoms with Gasteiger partial charge in [0.15, 0.2) is 5.96 Å². The molecule has 0 aromatic heterocycles. The topological polar surface area (TPSA) is 78.1 Å². The zero-order valence-corrected chi connectivity index (χ0v) is 16.9. The molecular formula is C16H25F3IN3O3. The molecule has 0 amide bonds. The van der Waals surface area contributed by atoms with E-state index < -0.39 is 6.36 Å². The number of guanidine groups is 1. The molecule has 1 aromatic carbocycles. The number of halogens is 4. The van der Waals surface area contributed by atoms with E-state index in [1.807, 2.05) is 0 Å². The van der Waals surface area contributed by atoms with Crippen molar-refractivity contribution in [3.05, 3.63) is 24.3 Å². The van der Waals surface area contributed by atoms with E-state index in [0.717, 1.165) is 19.4 Å². The predicted molar refractivity (Wildman–Crippen MR) is 105 cm³/mol. The van der Waals surface area contributed by atoms with Gasteiger partial charge in [-0.05, 0) is 30.7 Å². The highest BCUT2D eigenvalue weighted by Crippen LogP contribution is 2.23. The molecule has 0 aliphatic rings. The first-order chi connectivity index (χ1) is 11.9. The van der Waals surface area contributed by atoms with E-state index in [9.17, 15) is 13.2 Å². The van der Waals surface area contributed by atoms with Crippen molar-refractivity contribution in [1.82, 2.24) is 0 Å². The summed E-state index contributed by atoms with van der Waals surface area (Å²) in [6, 6.07) is 5.19. The number of hydrogen-bond acceptors (Lipinski definition) is 4. The van der Waals surface area contributed by atoms with Crippen LogP contribution >= 0.6 is 24.0 Å². The summed E-state index contributed by atoms with van der Waals surface area (Å²) in [6.45, 7) is 4.64. The number of ether oxygens (including phenoxy) is 3. The van der Waals surface area contributed by atoms with Gasteiger partial charge in [0.05, 0.1) is 26.4 Å². The number of rotatable bonds is 11. The van der Waals surface area contributed by atoms with Crippen molar-refractivity contribution >= 4 is 35.6 Å². The standard InChI is InChI=1S/C16H24F3N3O3.HI/c1-2-3-9-23-11-12-24-10-8-21-15(20)22-13-4-6-14(7-5-13)25-16(17,18)19;/h4-7H,2-3,8-12H2,1H3,(H3,20,21,22);1H. The second kappa shape index (κ2) is 13.9. The van der Waals surface area contributed by atoms with Crippen molar-refractivity contribution < 1.29 is 27.4 Å². The number of nitrogens with one attached hydrogen (secondary N) is 1. The summed E-state index contributed by atoms with van der Waals surface area (Å²) in [7, 11) is 0. The lowest BCUT2D eigenvalue weighted by Crippen LogP contribution is -2.23. The van der Waals surface area contributed by atoms with Crippen molar-refractivity contribution in [3.63, 3.8) is 0 Å². The molecule has 1 aromatic rings. The molecule has 150 valence electrons. The Labute approximate surface area is 168 Å². The largest absolute Gasteiger partial charge is 0.573 e. The normalized spacial score (nSPS) is 11.8. The van der Waals surface area contributed by atoms with E-state index in [1.165, 1.54) is 24.3 Å². The molecule has 0 saturated carbocycles. The highest BCUT2D eigenvalue weighted by atomic mass is 127. The van der Waals surface area contributed by atoms with Crippen LogP contribution in [-0.4, -0.2) is 45.3 Å². The lowest BCUT2D eigenvalue weighted by atomic mass is 10.3. The second-order valence-electron chi connectivity index (χ2n) is 5.04. The minimum Gasteiger partial charge on any atom is -0.406 e. The van der Waals surface area contributed by atoms with Gasteiger partial charge in [-0.15, -0.1) is 37.1 Å². The SMILES string of the molecule is CCCCOCCOCCN=C(N)Nc1ccc(OC(F)(F)F)cc1.I. The van der Waals surface area contributed by atoms with Gasteiger partial charge < -0.3 is 25.3 Å². The van der Waals surface area contributed by atoms with E-state index in [1.54, 1.807) is 0 Å². The summed E-state index contributed by atoms with van der Waals surface area (Å²) in [6.07, 6.45) is -2.58. The van der Waals surface area contributed by atoms with Gasteiger partial charge in [-0.2, -0.15) is 0 Å². The van der Waals surface area contributed by atoms with Crippen molar-refractivity contribution in [2.75, 3.05) is 38.3 Å². The van der Waals surface area contributed by atoms with Crippen LogP contribution in [-0.2, 0) is 9.47 Å². The molecule has 0 spiro atoms. The average molecular weight is 491 g/mol. The van der Waals surface area contributed by atoms with E-state index in [2.05, 4.69) is 22.0 Å². The van der Waals surface area contributed by atoms with Gasteiger partial charge in [-0.25, -0.2) is 0 Å². The number of unbranched alkanes of at least 4 members (excludes halogenated alkanes) is 1. The number of nitrogens with two attached hydrogens (primary N) is 1. The average Bonchev–Trinajstić information content (AvgIpc) is 2.54. The van der Waals surface area contributed by atoms with Gasteiger partial charge in [-0.3, -0.25) is 4.99 Å². The first-order valence-electron chi connectivity index (χ1n) is 7.99. The molecule has 0 radical (unpaired) electrons. The molecule has 0 heterocycles. The summed E-state index contributed by atoms with van der Waals surface area (Å²) in [5.74, 6) is -0.157. The maximum atomic E-state index is 12.1. The summed E-state index contributed by atoms with van der Waals surface area (Å²) in [5.41, 5.74) is 6.19. The molecule has 0 bridgehead atoms. The van der Waals surface area contributed by atoms with Crippen LogP contribution in [0, 0.1) is 0 Å². The first kappa shape index (κ1) is 24.7. The van der Waals surface area contributed by atoms with Crippen LogP contribution in [0.5, 0.6) is 5.75 Å². The lowest BCUT2D eigenvalue weighted by Gasteiger charge is -2.10. The molecule has 6 nitrogen and oxygen atoms in total. The quantitative estimate of drug-likeness (QED) is 0.213. The Bertz CT molecular complexity index is 514. The summed E-state index contributed by atoms with van der Waals surface area (Å²) in [4.78, 5) is 4.05. The zero-order valence-electron chi connectivity index (χ0n) is 14.6. The van der Waals surface area contributed by atoms with E-state index in [0.29, 0.717) is 32.1 Å². The predicted octanol–water partition coefficient (Wildman–Crippen LogP) is 3.76. The summed E-state index contributed by atoms with van der Waals surface area (Å²) >= 11 is 0. The monoisotopic (exact) mass is 491 g/mol. The van der Waals surface area contributed by atoms with Crippen LogP contribution < -0.4 is 15.8 Å². The number of aliphatic imine (C=N–C) groups is 1. The van der Waals surface area contributed by atoms with E-state index in [-0.39, 0.29) is 35.7 Å². The molecule has 0 aliphatic heterocycles. The Balaban J connectivity index is 0.00000625. The minimum atomic E-state index is -4.71. The van der Waals surface area contributed by atoms with Crippen molar-refractivity contribution in [1.29, 1.82) is 0 Å². The maximum absolute atomic E-state index is 12.1. The Morgan fingerprint density at radius 3 is 2.27 bits per heavy atom. The molecular weight excluding hydrogens is 466 g/mol. The van der Waals surface area contributed by atoms with Gasteiger partial charge in [0.25, 0.3) is 0 Å². The van der Waals surface area contributed by atoms with E-state index in [4.69, 9.17) is 15.2 Å². The molecule has 0 atom stereocenters. The lowest BCUT2D eigenvalue weighted by molar-refractivity contribution is -0.274. The van der Waals surface area contributed by atoms with Crippen LogP contribution in [0.4, 0.5) is 18.9 Å².